The highest BCUT2D eigenvalue weighted by molar-refractivity contribution is 7.12. The van der Waals surface area contributed by atoms with Gasteiger partial charge in [-0.15, -0.1) is 11.3 Å². The Bertz CT molecular complexity index is 325. The number of nitrogens with zero attached hydrogens (tertiary/aromatic N) is 1. The first-order valence-corrected chi connectivity index (χ1v) is 6.97. The third kappa shape index (κ3) is 4.48. The van der Waals surface area contributed by atoms with Gasteiger partial charge in [-0.1, -0.05) is 6.07 Å². The van der Waals surface area contributed by atoms with Gasteiger partial charge >= 0.3 is 0 Å². The van der Waals surface area contributed by atoms with Crippen LogP contribution in [0.1, 0.15) is 37.4 Å². The zero-order chi connectivity index (χ0) is 12.8. The molecule has 0 spiro atoms. The van der Waals surface area contributed by atoms with Crippen LogP contribution in [0.2, 0.25) is 0 Å². The lowest BCUT2D eigenvalue weighted by atomic mass is 10.2. The minimum Gasteiger partial charge on any atom is -0.350 e. The molecule has 0 bridgehead atoms. The van der Waals surface area contributed by atoms with Crippen LogP contribution < -0.4 is 5.32 Å². The van der Waals surface area contributed by atoms with E-state index in [1.54, 1.807) is 0 Å². The monoisotopic (exact) mass is 254 g/mol. The van der Waals surface area contributed by atoms with Gasteiger partial charge in [-0.2, -0.15) is 0 Å². The van der Waals surface area contributed by atoms with Crippen LogP contribution in [0, 0.1) is 0 Å². The molecule has 0 saturated heterocycles. The van der Waals surface area contributed by atoms with Gasteiger partial charge < -0.3 is 5.32 Å². The summed E-state index contributed by atoms with van der Waals surface area (Å²) >= 11 is 1.48. The molecule has 3 nitrogen and oxygen atoms in total. The molecular weight excluding hydrogens is 232 g/mol. The van der Waals surface area contributed by atoms with E-state index in [1.807, 2.05) is 17.5 Å². The van der Waals surface area contributed by atoms with Crippen LogP contribution in [0.4, 0.5) is 0 Å². The van der Waals surface area contributed by atoms with Gasteiger partial charge in [0, 0.05) is 25.2 Å². The molecule has 17 heavy (non-hydrogen) atoms. The molecule has 0 atom stereocenters. The van der Waals surface area contributed by atoms with Crippen LogP contribution in [0.15, 0.2) is 17.5 Å². The second kappa shape index (κ2) is 6.77. The lowest BCUT2D eigenvalue weighted by Crippen LogP contribution is -2.42. The van der Waals surface area contributed by atoms with Crippen LogP contribution in [0.3, 0.4) is 0 Å². The molecule has 0 aromatic carbocycles. The van der Waals surface area contributed by atoms with E-state index in [1.165, 1.54) is 11.3 Å². The maximum Gasteiger partial charge on any atom is 0.261 e. The Kier molecular flexibility index (Phi) is 5.65. The van der Waals surface area contributed by atoms with Crippen molar-refractivity contribution in [2.75, 3.05) is 13.1 Å². The molecular formula is C13H22N2OS. The van der Waals surface area contributed by atoms with Gasteiger partial charge in [0.25, 0.3) is 5.91 Å². The van der Waals surface area contributed by atoms with E-state index < -0.39 is 0 Å². The molecule has 1 aromatic rings. The molecule has 1 aromatic heterocycles. The largest absolute Gasteiger partial charge is 0.350 e. The van der Waals surface area contributed by atoms with Crippen LogP contribution in [-0.2, 0) is 0 Å². The molecule has 96 valence electrons. The minimum atomic E-state index is 0.0347. The Morgan fingerprint density at radius 3 is 2.47 bits per heavy atom. The van der Waals surface area contributed by atoms with Crippen molar-refractivity contribution in [2.45, 2.75) is 39.8 Å². The fourth-order valence-corrected chi connectivity index (χ4v) is 2.55. The van der Waals surface area contributed by atoms with Crippen molar-refractivity contribution in [3.63, 3.8) is 0 Å². The van der Waals surface area contributed by atoms with Crippen LogP contribution in [0.25, 0.3) is 0 Å². The molecule has 0 aliphatic rings. The number of thiophene rings is 1. The van der Waals surface area contributed by atoms with E-state index in [2.05, 4.69) is 37.9 Å². The molecule has 1 N–H and O–H groups in total. The molecule has 0 saturated carbocycles. The fraction of sp³-hybridized carbons (Fsp3) is 0.615. The second-order valence-electron chi connectivity index (χ2n) is 4.66. The first-order chi connectivity index (χ1) is 8.02. The summed E-state index contributed by atoms with van der Waals surface area (Å²) in [6, 6.07) is 4.76. The van der Waals surface area contributed by atoms with Crippen molar-refractivity contribution < 1.29 is 4.79 Å². The van der Waals surface area contributed by atoms with E-state index in [-0.39, 0.29) is 5.91 Å². The van der Waals surface area contributed by atoms with Crippen molar-refractivity contribution in [1.82, 2.24) is 10.2 Å². The number of carbonyl (C=O) groups excluding carboxylic acids is 1. The standard InChI is InChI=1S/C13H22N2OS/c1-10(2)15(11(3)4)8-7-14-13(16)12-6-5-9-17-12/h5-6,9-11H,7-8H2,1-4H3,(H,14,16). The Labute approximate surface area is 108 Å². The van der Waals surface area contributed by atoms with Crippen LogP contribution >= 0.6 is 11.3 Å². The summed E-state index contributed by atoms with van der Waals surface area (Å²) in [5, 5.41) is 4.88. The fourth-order valence-electron chi connectivity index (χ4n) is 1.91. The van der Waals surface area contributed by atoms with Crippen molar-refractivity contribution in [2.24, 2.45) is 0 Å². The number of amides is 1. The highest BCUT2D eigenvalue weighted by atomic mass is 32.1. The molecule has 1 rings (SSSR count). The molecule has 0 radical (unpaired) electrons. The molecule has 0 aliphatic carbocycles. The van der Waals surface area contributed by atoms with Gasteiger partial charge in [0.1, 0.15) is 0 Å². The van der Waals surface area contributed by atoms with Crippen molar-refractivity contribution in [3.05, 3.63) is 22.4 Å². The highest BCUT2D eigenvalue weighted by Gasteiger charge is 2.13. The Morgan fingerprint density at radius 1 is 1.35 bits per heavy atom. The molecule has 0 aliphatic heterocycles. The van der Waals surface area contributed by atoms with Crippen molar-refractivity contribution in [1.29, 1.82) is 0 Å². The van der Waals surface area contributed by atoms with Gasteiger partial charge in [0.05, 0.1) is 4.88 Å². The molecule has 0 fully saturated rings. The number of carbonyl (C=O) groups is 1. The van der Waals surface area contributed by atoms with E-state index >= 15 is 0 Å². The number of nitrogens with one attached hydrogen (secondary N) is 1. The van der Waals surface area contributed by atoms with Crippen molar-refractivity contribution >= 4 is 17.2 Å². The van der Waals surface area contributed by atoms with Crippen LogP contribution in [-0.4, -0.2) is 36.0 Å². The summed E-state index contributed by atoms with van der Waals surface area (Å²) in [6.07, 6.45) is 0. The molecule has 0 unspecified atom stereocenters. The van der Waals surface area contributed by atoms with Crippen LogP contribution in [0.5, 0.6) is 0 Å². The zero-order valence-electron chi connectivity index (χ0n) is 11.1. The third-order valence-corrected chi connectivity index (χ3v) is 3.60. The third-order valence-electron chi connectivity index (χ3n) is 2.73. The van der Waals surface area contributed by atoms with E-state index in [9.17, 15) is 4.79 Å². The topological polar surface area (TPSA) is 32.3 Å². The summed E-state index contributed by atoms with van der Waals surface area (Å²) in [5.74, 6) is 0.0347. The first kappa shape index (κ1) is 14.2. The highest BCUT2D eigenvalue weighted by Crippen LogP contribution is 2.08. The van der Waals surface area contributed by atoms with Gasteiger partial charge in [-0.25, -0.2) is 0 Å². The summed E-state index contributed by atoms with van der Waals surface area (Å²) in [7, 11) is 0. The Morgan fingerprint density at radius 2 is 2.00 bits per heavy atom. The Hall–Kier alpha value is -0.870. The maximum atomic E-state index is 11.7. The minimum absolute atomic E-state index is 0.0347. The quantitative estimate of drug-likeness (QED) is 0.846. The number of hydrogen-bond donors (Lipinski definition) is 1. The number of hydrogen-bond acceptors (Lipinski definition) is 3. The average Bonchev–Trinajstić information content (AvgIpc) is 2.76. The molecule has 1 heterocycles. The molecule has 1 amide bonds. The predicted molar refractivity (Wildman–Crippen MR) is 73.6 cm³/mol. The number of rotatable bonds is 6. The smallest absolute Gasteiger partial charge is 0.261 e. The van der Waals surface area contributed by atoms with Gasteiger partial charge in [0.15, 0.2) is 0 Å². The SMILES string of the molecule is CC(C)N(CCNC(=O)c1cccs1)C(C)C. The second-order valence-corrected chi connectivity index (χ2v) is 5.61. The van der Waals surface area contributed by atoms with E-state index in [0.717, 1.165) is 11.4 Å². The summed E-state index contributed by atoms with van der Waals surface area (Å²) in [4.78, 5) is 14.9. The van der Waals surface area contributed by atoms with E-state index in [0.29, 0.717) is 18.6 Å². The summed E-state index contributed by atoms with van der Waals surface area (Å²) in [6.45, 7) is 10.3. The van der Waals surface area contributed by atoms with Gasteiger partial charge in [0.2, 0.25) is 0 Å². The summed E-state index contributed by atoms with van der Waals surface area (Å²) < 4.78 is 0. The predicted octanol–water partition coefficient (Wildman–Crippen LogP) is 2.60. The first-order valence-electron chi connectivity index (χ1n) is 6.09. The maximum absolute atomic E-state index is 11.7. The lowest BCUT2D eigenvalue weighted by Gasteiger charge is -2.30. The molecule has 4 heteroatoms. The van der Waals surface area contributed by atoms with Crippen molar-refractivity contribution in [3.8, 4) is 0 Å². The Balaban J connectivity index is 2.34. The van der Waals surface area contributed by atoms with Gasteiger partial charge in [-0.05, 0) is 39.1 Å². The zero-order valence-corrected chi connectivity index (χ0v) is 11.9. The van der Waals surface area contributed by atoms with E-state index in [4.69, 9.17) is 0 Å². The van der Waals surface area contributed by atoms with Gasteiger partial charge in [-0.3, -0.25) is 9.69 Å². The average molecular weight is 254 g/mol. The lowest BCUT2D eigenvalue weighted by molar-refractivity contribution is 0.0943. The summed E-state index contributed by atoms with van der Waals surface area (Å²) in [5.41, 5.74) is 0. The normalized spacial score (nSPS) is 11.5.